The highest BCUT2D eigenvalue weighted by Crippen LogP contribution is 2.31. The maximum Gasteiger partial charge on any atom is 0.303 e. The summed E-state index contributed by atoms with van der Waals surface area (Å²) in [6, 6.07) is 13.8. The molecule has 0 atom stereocenters. The molecule has 194 valence electrons. The van der Waals surface area contributed by atoms with Crippen LogP contribution in [0.4, 0.5) is 10.2 Å². The van der Waals surface area contributed by atoms with Crippen LogP contribution in [0, 0.1) is 12.7 Å². The average molecular weight is 508 g/mol. The number of aryl methyl sites for hydroxylation is 1. The first-order chi connectivity index (χ1) is 18.0. The summed E-state index contributed by atoms with van der Waals surface area (Å²) in [6.07, 6.45) is 1.48. The van der Waals surface area contributed by atoms with Gasteiger partial charge in [-0.25, -0.2) is 24.0 Å². The Morgan fingerprint density at radius 3 is 2.46 bits per heavy atom. The summed E-state index contributed by atoms with van der Waals surface area (Å²) in [4.78, 5) is 31.8. The first-order valence-electron chi connectivity index (χ1n) is 12.1. The fourth-order valence-corrected chi connectivity index (χ4v) is 4.09. The summed E-state index contributed by atoms with van der Waals surface area (Å²) in [6.45, 7) is 7.17. The molecule has 4 aromatic rings. The van der Waals surface area contributed by atoms with Gasteiger partial charge in [0, 0.05) is 41.4 Å². The number of amides is 1. The summed E-state index contributed by atoms with van der Waals surface area (Å²) in [5, 5.41) is 4.94. The molecule has 0 radical (unpaired) electrons. The van der Waals surface area contributed by atoms with Gasteiger partial charge in [-0.3, -0.25) is 4.79 Å². The first-order valence-corrected chi connectivity index (χ1v) is 12.1. The van der Waals surface area contributed by atoms with Crippen LogP contribution in [0.2, 0.25) is 0 Å². The second-order valence-corrected chi connectivity index (χ2v) is 8.14. The van der Waals surface area contributed by atoms with Gasteiger partial charge in [0.1, 0.15) is 23.7 Å². The molecule has 0 bridgehead atoms. The van der Waals surface area contributed by atoms with E-state index in [0.717, 1.165) is 21.9 Å². The molecule has 0 unspecified atom stereocenters. The summed E-state index contributed by atoms with van der Waals surface area (Å²) in [5.74, 6) is 0.599. The number of halogens is 1. The van der Waals surface area contributed by atoms with Crippen molar-refractivity contribution in [1.82, 2.24) is 19.8 Å². The van der Waals surface area contributed by atoms with Crippen molar-refractivity contribution in [3.63, 3.8) is 0 Å². The van der Waals surface area contributed by atoms with Crippen molar-refractivity contribution in [2.75, 3.05) is 32.2 Å². The molecule has 0 spiro atoms. The SMILES string of the molecule is CCON(OCC)C(=O)c1ccc(-c2cc(NCCn3c(C)cc4c(OC)ccc(F)c43)ncn2)cc1. The number of methoxy groups -OCH3 is 1. The number of rotatable bonds is 11. The van der Waals surface area contributed by atoms with Gasteiger partial charge >= 0.3 is 5.91 Å². The molecule has 9 nitrogen and oxygen atoms in total. The Morgan fingerprint density at radius 2 is 1.78 bits per heavy atom. The third-order valence-electron chi connectivity index (χ3n) is 5.79. The molecule has 0 aliphatic rings. The number of hydrogen-bond acceptors (Lipinski definition) is 7. The van der Waals surface area contributed by atoms with E-state index >= 15 is 0 Å². The van der Waals surface area contributed by atoms with Crippen molar-refractivity contribution in [2.24, 2.45) is 0 Å². The molecule has 2 aromatic carbocycles. The van der Waals surface area contributed by atoms with Crippen LogP contribution in [0.15, 0.2) is 54.9 Å². The third-order valence-corrected chi connectivity index (χ3v) is 5.79. The molecule has 0 aliphatic heterocycles. The lowest BCUT2D eigenvalue weighted by molar-refractivity contribution is -0.323. The summed E-state index contributed by atoms with van der Waals surface area (Å²) < 4.78 is 21.9. The highest BCUT2D eigenvalue weighted by Gasteiger charge is 2.18. The van der Waals surface area contributed by atoms with Crippen LogP contribution in [-0.2, 0) is 16.2 Å². The predicted molar refractivity (Wildman–Crippen MR) is 139 cm³/mol. The zero-order valence-electron chi connectivity index (χ0n) is 21.3. The number of nitrogens with zero attached hydrogens (tertiary/aromatic N) is 4. The van der Waals surface area contributed by atoms with Gasteiger partial charge in [0.15, 0.2) is 0 Å². The lowest BCUT2D eigenvalue weighted by Crippen LogP contribution is -2.31. The van der Waals surface area contributed by atoms with Crippen LogP contribution in [0.3, 0.4) is 0 Å². The van der Waals surface area contributed by atoms with Crippen LogP contribution in [-0.4, -0.2) is 52.5 Å². The van der Waals surface area contributed by atoms with Crippen molar-refractivity contribution >= 4 is 22.6 Å². The minimum atomic E-state index is -0.387. The average Bonchev–Trinajstić information content (AvgIpc) is 3.25. The van der Waals surface area contributed by atoms with E-state index in [1.165, 1.54) is 12.4 Å². The smallest absolute Gasteiger partial charge is 0.303 e. The fraction of sp³-hybridized carbons (Fsp3) is 0.296. The Hall–Kier alpha value is -4.02. The Balaban J connectivity index is 1.45. The van der Waals surface area contributed by atoms with E-state index in [1.807, 2.05) is 23.6 Å². The fourth-order valence-electron chi connectivity index (χ4n) is 4.09. The predicted octanol–water partition coefficient (Wildman–Crippen LogP) is 5.01. The largest absolute Gasteiger partial charge is 0.496 e. The Labute approximate surface area is 214 Å². The molecule has 0 saturated heterocycles. The van der Waals surface area contributed by atoms with E-state index < -0.39 is 0 Å². The number of carbonyl (C=O) groups is 1. The molecule has 2 aromatic heterocycles. The van der Waals surface area contributed by atoms with Gasteiger partial charge in [-0.1, -0.05) is 17.4 Å². The topological polar surface area (TPSA) is 90.7 Å². The van der Waals surface area contributed by atoms with E-state index in [9.17, 15) is 9.18 Å². The molecule has 0 saturated carbocycles. The first kappa shape index (κ1) is 26.1. The zero-order valence-corrected chi connectivity index (χ0v) is 21.3. The number of anilines is 1. The van der Waals surface area contributed by atoms with Crippen LogP contribution in [0.1, 0.15) is 29.9 Å². The highest BCUT2D eigenvalue weighted by atomic mass is 19.1. The number of fused-ring (bicyclic) bond motifs is 1. The van der Waals surface area contributed by atoms with Crippen LogP contribution >= 0.6 is 0 Å². The monoisotopic (exact) mass is 507 g/mol. The maximum absolute atomic E-state index is 14.6. The number of ether oxygens (including phenoxy) is 1. The minimum absolute atomic E-state index is 0.291. The van der Waals surface area contributed by atoms with E-state index in [2.05, 4.69) is 15.3 Å². The number of hydrogen-bond donors (Lipinski definition) is 1. The number of benzene rings is 2. The lowest BCUT2D eigenvalue weighted by Gasteiger charge is -2.19. The Morgan fingerprint density at radius 1 is 1.05 bits per heavy atom. The molecule has 10 heteroatoms. The van der Waals surface area contributed by atoms with E-state index in [1.54, 1.807) is 51.3 Å². The normalized spacial score (nSPS) is 11.1. The van der Waals surface area contributed by atoms with Crippen molar-refractivity contribution in [3.8, 4) is 17.0 Å². The second-order valence-electron chi connectivity index (χ2n) is 8.14. The van der Waals surface area contributed by atoms with Gasteiger partial charge in [-0.2, -0.15) is 0 Å². The molecule has 4 rings (SSSR count). The molecular formula is C27H30FN5O4. The lowest BCUT2D eigenvalue weighted by atomic mass is 10.1. The standard InChI is InChI=1S/C27H30FN5O4/c1-5-36-33(37-6-2)27(34)20-9-7-19(8-10-20)23-16-25(31-17-30-23)29-13-14-32-18(3)15-21-24(35-4)12-11-22(28)26(21)32/h7-12,15-17H,5-6,13-14H2,1-4H3,(H,29,30,31). The van der Waals surface area contributed by atoms with Gasteiger partial charge in [-0.05, 0) is 51.1 Å². The van der Waals surface area contributed by atoms with Gasteiger partial charge in [0.25, 0.3) is 0 Å². The molecule has 37 heavy (non-hydrogen) atoms. The summed E-state index contributed by atoms with van der Waals surface area (Å²) >= 11 is 0. The number of hydroxylamine groups is 2. The van der Waals surface area contributed by atoms with Crippen molar-refractivity contribution < 1.29 is 23.6 Å². The van der Waals surface area contributed by atoms with E-state index in [4.69, 9.17) is 14.4 Å². The summed E-state index contributed by atoms with van der Waals surface area (Å²) in [5.41, 5.74) is 3.40. The third kappa shape index (κ3) is 5.71. The van der Waals surface area contributed by atoms with Gasteiger partial charge in [0.05, 0.1) is 31.5 Å². The minimum Gasteiger partial charge on any atom is -0.496 e. The second kappa shape index (κ2) is 11.8. The molecule has 0 aliphatic carbocycles. The van der Waals surface area contributed by atoms with Crippen LogP contribution < -0.4 is 10.1 Å². The zero-order chi connectivity index (χ0) is 26.4. The Bertz CT molecular complexity index is 1370. The molecular weight excluding hydrogens is 477 g/mol. The molecule has 1 N–H and O–H groups in total. The molecule has 0 fully saturated rings. The van der Waals surface area contributed by atoms with Gasteiger partial charge in [0.2, 0.25) is 0 Å². The number of nitrogens with one attached hydrogen (secondary N) is 1. The molecule has 1 amide bonds. The number of aromatic nitrogens is 3. The summed E-state index contributed by atoms with van der Waals surface area (Å²) in [7, 11) is 1.58. The van der Waals surface area contributed by atoms with Crippen molar-refractivity contribution in [1.29, 1.82) is 0 Å². The Kier molecular flexibility index (Phi) is 8.32. The van der Waals surface area contributed by atoms with E-state index in [-0.39, 0.29) is 11.7 Å². The highest BCUT2D eigenvalue weighted by molar-refractivity contribution is 5.93. The van der Waals surface area contributed by atoms with Gasteiger partial charge < -0.3 is 14.6 Å². The number of carbonyl (C=O) groups excluding carboxylic acids is 1. The van der Waals surface area contributed by atoms with E-state index in [0.29, 0.717) is 54.6 Å². The van der Waals surface area contributed by atoms with Crippen LogP contribution in [0.25, 0.3) is 22.2 Å². The van der Waals surface area contributed by atoms with Gasteiger partial charge in [-0.15, -0.1) is 0 Å². The quantitative estimate of drug-likeness (QED) is 0.285. The van der Waals surface area contributed by atoms with Crippen molar-refractivity contribution in [2.45, 2.75) is 27.3 Å². The van der Waals surface area contributed by atoms with Crippen molar-refractivity contribution in [3.05, 3.63) is 71.9 Å². The molecule has 2 heterocycles. The van der Waals surface area contributed by atoms with Crippen LogP contribution in [0.5, 0.6) is 5.75 Å². The maximum atomic E-state index is 14.6.